The molecule has 0 unspecified atom stereocenters. The molecule has 5 rings (SSSR count). The van der Waals surface area contributed by atoms with Gasteiger partial charge in [-0.2, -0.15) is 0 Å². The summed E-state index contributed by atoms with van der Waals surface area (Å²) in [5, 5.41) is 3.44. The number of pyridine rings is 1. The van der Waals surface area contributed by atoms with E-state index in [4.69, 9.17) is 4.98 Å². The molecule has 0 spiro atoms. The van der Waals surface area contributed by atoms with Crippen molar-refractivity contribution >= 4 is 38.2 Å². The number of hydrogen-bond acceptors (Lipinski definition) is 9. The minimum atomic E-state index is -3.28. The Morgan fingerprint density at radius 3 is 2.42 bits per heavy atom. The van der Waals surface area contributed by atoms with Crippen molar-refractivity contribution in [1.29, 1.82) is 0 Å². The Labute approximate surface area is 236 Å². The Kier molecular flexibility index (Phi) is 7.56. The van der Waals surface area contributed by atoms with E-state index < -0.39 is 9.84 Å². The lowest BCUT2D eigenvalue weighted by atomic mass is 10.0. The highest BCUT2D eigenvalue weighted by atomic mass is 32.2. The molecule has 12 heteroatoms. The van der Waals surface area contributed by atoms with Gasteiger partial charge in [-0.3, -0.25) is 9.59 Å². The van der Waals surface area contributed by atoms with Crippen molar-refractivity contribution < 1.29 is 13.2 Å². The van der Waals surface area contributed by atoms with Gasteiger partial charge in [0.2, 0.25) is 17.4 Å². The maximum absolute atomic E-state index is 12.7. The van der Waals surface area contributed by atoms with Gasteiger partial charge in [0.05, 0.1) is 40.2 Å². The quantitative estimate of drug-likeness (QED) is 0.333. The Morgan fingerprint density at radius 1 is 1.10 bits per heavy atom. The highest BCUT2D eigenvalue weighted by molar-refractivity contribution is 7.91. The summed E-state index contributed by atoms with van der Waals surface area (Å²) in [4.78, 5) is 41.9. The summed E-state index contributed by atoms with van der Waals surface area (Å²) in [5.41, 5.74) is 3.24. The van der Waals surface area contributed by atoms with Crippen molar-refractivity contribution in [2.24, 2.45) is 13.0 Å². The van der Waals surface area contributed by atoms with Gasteiger partial charge in [0.15, 0.2) is 15.0 Å². The van der Waals surface area contributed by atoms with Gasteiger partial charge in [0, 0.05) is 42.8 Å². The number of nitrogens with zero attached hydrogens (tertiary/aromatic N) is 5. The Hall–Kier alpha value is -3.90. The van der Waals surface area contributed by atoms with Crippen LogP contribution in [0.1, 0.15) is 42.9 Å². The van der Waals surface area contributed by atoms with Gasteiger partial charge in [0.25, 0.3) is 0 Å². The van der Waals surface area contributed by atoms with Crippen LogP contribution in [0.15, 0.2) is 64.7 Å². The second-order valence-corrected chi connectivity index (χ2v) is 13.4. The van der Waals surface area contributed by atoms with Crippen LogP contribution < -0.4 is 15.8 Å². The third kappa shape index (κ3) is 5.54. The lowest BCUT2D eigenvalue weighted by Crippen LogP contribution is -2.27. The fraction of sp³-hybridized carbons (Fsp3) is 0.321. The highest BCUT2D eigenvalue weighted by Gasteiger charge is 2.37. The number of aryl methyl sites for hydroxylation is 1. The molecule has 0 bridgehead atoms. The number of rotatable bonds is 8. The number of carbonyl (C=O) groups is 1. The highest BCUT2D eigenvalue weighted by Crippen LogP contribution is 2.43. The number of amides is 1. The maximum Gasteiger partial charge on any atom is 0.250 e. The monoisotopic (exact) mass is 578 g/mol. The molecule has 1 aliphatic rings. The van der Waals surface area contributed by atoms with Crippen molar-refractivity contribution in [2.75, 3.05) is 16.0 Å². The number of carbonyl (C=O) groups excluding carboxylic acids is 1. The first-order valence-electron chi connectivity index (χ1n) is 12.9. The third-order valence-electron chi connectivity index (χ3n) is 6.88. The van der Waals surface area contributed by atoms with E-state index in [2.05, 4.69) is 34.0 Å². The summed E-state index contributed by atoms with van der Waals surface area (Å²) in [6, 6.07) is 9.65. The van der Waals surface area contributed by atoms with E-state index in [1.165, 1.54) is 34.1 Å². The molecule has 3 aromatic heterocycles. The first-order valence-corrected chi connectivity index (χ1v) is 15.4. The number of thiazole rings is 1. The molecule has 0 radical (unpaired) electrons. The van der Waals surface area contributed by atoms with Crippen LogP contribution in [0.4, 0.5) is 11.1 Å². The summed E-state index contributed by atoms with van der Waals surface area (Å²) in [6.45, 7) is 6.42. The number of aromatic nitrogens is 4. The topological polar surface area (TPSA) is 127 Å². The van der Waals surface area contributed by atoms with E-state index in [1.807, 2.05) is 0 Å². The molecule has 208 valence electrons. The normalized spacial score (nSPS) is 14.9. The van der Waals surface area contributed by atoms with E-state index in [0.717, 1.165) is 27.3 Å². The van der Waals surface area contributed by atoms with Gasteiger partial charge in [-0.25, -0.2) is 23.4 Å². The molecule has 0 fully saturated rings. The molecule has 40 heavy (non-hydrogen) atoms. The van der Waals surface area contributed by atoms with Gasteiger partial charge in [-0.05, 0) is 29.7 Å². The van der Waals surface area contributed by atoms with Gasteiger partial charge in [-0.1, -0.05) is 44.2 Å². The lowest BCUT2D eigenvalue weighted by Gasteiger charge is -2.27. The van der Waals surface area contributed by atoms with Crippen molar-refractivity contribution in [2.45, 2.75) is 44.7 Å². The molecular formula is C28H30N6O4S2. The summed E-state index contributed by atoms with van der Waals surface area (Å²) < 4.78 is 25.6. The van der Waals surface area contributed by atoms with E-state index in [0.29, 0.717) is 17.6 Å². The zero-order valence-corrected chi connectivity index (χ0v) is 24.3. The first kappa shape index (κ1) is 27.7. The number of nitrogens with one attached hydrogen (secondary N) is 1. The molecule has 0 saturated heterocycles. The van der Waals surface area contributed by atoms with Crippen molar-refractivity contribution in [1.82, 2.24) is 19.5 Å². The molecule has 0 saturated carbocycles. The summed E-state index contributed by atoms with van der Waals surface area (Å²) in [5.74, 6) is 0.632. The average molecular weight is 579 g/mol. The van der Waals surface area contributed by atoms with E-state index in [9.17, 15) is 18.0 Å². The van der Waals surface area contributed by atoms with Crippen LogP contribution in [-0.2, 0) is 34.6 Å². The molecule has 4 aromatic rings. The van der Waals surface area contributed by atoms with Crippen LogP contribution in [0.5, 0.6) is 0 Å². The Bertz CT molecular complexity index is 1710. The summed E-state index contributed by atoms with van der Waals surface area (Å²) >= 11 is 1.44. The molecule has 1 N–H and O–H groups in total. The minimum absolute atomic E-state index is 0.0324. The van der Waals surface area contributed by atoms with Gasteiger partial charge < -0.3 is 14.8 Å². The van der Waals surface area contributed by atoms with E-state index >= 15 is 0 Å². The Balaban J connectivity index is 1.28. The van der Waals surface area contributed by atoms with Crippen LogP contribution in [-0.4, -0.2) is 39.6 Å². The molecule has 1 aromatic carbocycles. The van der Waals surface area contributed by atoms with Gasteiger partial charge in [-0.15, -0.1) is 0 Å². The lowest BCUT2D eigenvalue weighted by molar-refractivity contribution is -0.115. The van der Waals surface area contributed by atoms with Gasteiger partial charge >= 0.3 is 0 Å². The first-order chi connectivity index (χ1) is 19.1. The average Bonchev–Trinajstić information content (AvgIpc) is 3.47. The van der Waals surface area contributed by atoms with Crippen LogP contribution in [0.2, 0.25) is 0 Å². The zero-order valence-electron chi connectivity index (χ0n) is 22.7. The molecule has 1 atom stereocenters. The minimum Gasteiger partial charge on any atom is -0.327 e. The van der Waals surface area contributed by atoms with E-state index in [-0.39, 0.29) is 40.5 Å². The largest absolute Gasteiger partial charge is 0.327 e. The maximum atomic E-state index is 12.7. The van der Waals surface area contributed by atoms with Crippen LogP contribution in [0, 0.1) is 5.92 Å². The zero-order chi connectivity index (χ0) is 28.6. The molecule has 1 amide bonds. The Morgan fingerprint density at radius 2 is 1.80 bits per heavy atom. The van der Waals surface area contributed by atoms with E-state index in [1.54, 1.807) is 50.8 Å². The number of hydrogen-bond donors (Lipinski definition) is 1. The number of anilines is 2. The second kappa shape index (κ2) is 10.9. The number of fused-ring (bicyclic) bond motifs is 1. The van der Waals surface area contributed by atoms with Crippen LogP contribution >= 0.6 is 11.3 Å². The van der Waals surface area contributed by atoms with Crippen LogP contribution in [0.3, 0.4) is 0 Å². The van der Waals surface area contributed by atoms with Crippen molar-refractivity contribution in [3.8, 4) is 11.1 Å². The summed E-state index contributed by atoms with van der Waals surface area (Å²) in [7, 11) is -1.57. The molecule has 1 aliphatic heterocycles. The predicted octanol–water partition coefficient (Wildman–Crippen LogP) is 3.99. The molecule has 4 heterocycles. The smallest absolute Gasteiger partial charge is 0.250 e. The molecule has 10 nitrogen and oxygen atoms in total. The second-order valence-electron chi connectivity index (χ2n) is 10.1. The fourth-order valence-electron chi connectivity index (χ4n) is 4.75. The predicted molar refractivity (Wildman–Crippen MR) is 155 cm³/mol. The molecular weight excluding hydrogens is 548 g/mol. The van der Waals surface area contributed by atoms with Crippen LogP contribution in [0.25, 0.3) is 11.1 Å². The standard InChI is InChI=1S/C28H30N6O4S2/c1-5-40(37,38)21-9-6-18(7-10-21)12-23(35)31-28-32-25-22(39-28)16-34(26(25)17(2)3)27-29-13-20(14-30-27)19-8-11-24(36)33(4)15-19/h6-11,13-15,17,26H,5,12,16H2,1-4H3,(H,31,32,35)/t26-/m0/s1. The van der Waals surface area contributed by atoms with Crippen molar-refractivity contribution in [3.05, 3.63) is 81.5 Å². The number of sulfone groups is 1. The van der Waals surface area contributed by atoms with Gasteiger partial charge in [0.1, 0.15) is 0 Å². The summed E-state index contributed by atoms with van der Waals surface area (Å²) in [6.07, 6.45) is 5.40. The molecule has 0 aliphatic carbocycles. The SMILES string of the molecule is CCS(=O)(=O)c1ccc(CC(=O)Nc2nc3c(s2)CN(c2ncc(-c4ccc(=O)n(C)c4)cn2)[C@H]3C(C)C)cc1. The number of benzene rings is 1. The van der Waals surface area contributed by atoms with Crippen molar-refractivity contribution in [3.63, 3.8) is 0 Å². The third-order valence-corrected chi connectivity index (χ3v) is 9.60. The fourth-order valence-corrected chi connectivity index (χ4v) is 6.65.